The van der Waals surface area contributed by atoms with Crippen LogP contribution in [0.4, 0.5) is 6.01 Å². The van der Waals surface area contributed by atoms with Crippen LogP contribution in [-0.4, -0.2) is 45.5 Å². The van der Waals surface area contributed by atoms with E-state index in [0.29, 0.717) is 24.2 Å². The molecule has 1 saturated heterocycles. The SMILES string of the molecule is CC1CN(Cc2ccccc2)C(=O)C(C)N1c1nc2c(C(=O)O)cccc2o1. The Kier molecular flexibility index (Phi) is 4.50. The molecule has 4 rings (SSSR count). The highest BCUT2D eigenvalue weighted by Crippen LogP contribution is 2.30. The molecule has 0 radical (unpaired) electrons. The summed E-state index contributed by atoms with van der Waals surface area (Å²) in [7, 11) is 0. The van der Waals surface area contributed by atoms with Crippen LogP contribution < -0.4 is 4.90 Å². The molecule has 1 fully saturated rings. The quantitative estimate of drug-likeness (QED) is 0.749. The molecule has 1 aliphatic heterocycles. The zero-order valence-corrected chi connectivity index (χ0v) is 15.7. The van der Waals surface area contributed by atoms with E-state index in [1.807, 2.05) is 54.0 Å². The van der Waals surface area contributed by atoms with Crippen molar-refractivity contribution in [3.63, 3.8) is 0 Å². The van der Waals surface area contributed by atoms with Crippen LogP contribution in [0.1, 0.15) is 29.8 Å². The minimum atomic E-state index is -1.06. The molecule has 1 amide bonds. The van der Waals surface area contributed by atoms with Crippen LogP contribution in [0.15, 0.2) is 52.9 Å². The van der Waals surface area contributed by atoms with Gasteiger partial charge in [0.15, 0.2) is 5.58 Å². The smallest absolute Gasteiger partial charge is 0.338 e. The summed E-state index contributed by atoms with van der Waals surface area (Å²) in [5, 5.41) is 9.37. The van der Waals surface area contributed by atoms with Gasteiger partial charge < -0.3 is 19.3 Å². The minimum Gasteiger partial charge on any atom is -0.478 e. The van der Waals surface area contributed by atoms with Gasteiger partial charge in [0.1, 0.15) is 11.6 Å². The Labute approximate surface area is 162 Å². The van der Waals surface area contributed by atoms with E-state index in [1.54, 1.807) is 12.1 Å². The summed E-state index contributed by atoms with van der Waals surface area (Å²) in [5.41, 5.74) is 1.86. The normalized spacial score (nSPS) is 20.0. The molecule has 0 saturated carbocycles. The molecule has 0 aliphatic carbocycles. The van der Waals surface area contributed by atoms with Crippen molar-refractivity contribution < 1.29 is 19.1 Å². The van der Waals surface area contributed by atoms with Crippen molar-refractivity contribution in [3.05, 3.63) is 59.7 Å². The Morgan fingerprint density at radius 2 is 1.93 bits per heavy atom. The molecule has 2 unspecified atom stereocenters. The van der Waals surface area contributed by atoms with Gasteiger partial charge in [-0.2, -0.15) is 4.98 Å². The molecule has 1 aliphatic rings. The van der Waals surface area contributed by atoms with E-state index in [0.717, 1.165) is 5.56 Å². The van der Waals surface area contributed by atoms with Crippen molar-refractivity contribution >= 4 is 29.0 Å². The van der Waals surface area contributed by atoms with Gasteiger partial charge in [-0.15, -0.1) is 0 Å². The van der Waals surface area contributed by atoms with Crippen LogP contribution in [0.2, 0.25) is 0 Å². The third-order valence-corrected chi connectivity index (χ3v) is 5.12. The number of nitrogens with zero attached hydrogens (tertiary/aromatic N) is 3. The van der Waals surface area contributed by atoms with Crippen LogP contribution in [0, 0.1) is 0 Å². The highest BCUT2D eigenvalue weighted by Gasteiger charge is 2.38. The van der Waals surface area contributed by atoms with E-state index in [1.165, 1.54) is 6.07 Å². The number of carboxylic acid groups (broad SMARTS) is 1. The second-order valence-corrected chi connectivity index (χ2v) is 7.09. The van der Waals surface area contributed by atoms with Gasteiger partial charge in [-0.05, 0) is 31.5 Å². The maximum absolute atomic E-state index is 13.0. The number of aromatic carboxylic acids is 1. The number of hydrogen-bond acceptors (Lipinski definition) is 5. The molecule has 0 bridgehead atoms. The van der Waals surface area contributed by atoms with E-state index in [2.05, 4.69) is 4.98 Å². The lowest BCUT2D eigenvalue weighted by Crippen LogP contribution is -2.60. The lowest BCUT2D eigenvalue weighted by atomic mass is 10.1. The summed E-state index contributed by atoms with van der Waals surface area (Å²) in [6, 6.07) is 14.5. The standard InChI is InChI=1S/C21H21N3O4/c1-13-11-23(12-15-7-4-3-5-8-15)19(25)14(2)24(13)21-22-18-16(20(26)27)9-6-10-17(18)28-21/h3-10,13-14H,11-12H2,1-2H3,(H,26,27). The zero-order chi connectivity index (χ0) is 19.8. The fourth-order valence-electron chi connectivity index (χ4n) is 3.78. The van der Waals surface area contributed by atoms with Gasteiger partial charge in [-0.1, -0.05) is 36.4 Å². The van der Waals surface area contributed by atoms with Crippen molar-refractivity contribution in [2.45, 2.75) is 32.5 Å². The fraction of sp³-hybridized carbons (Fsp3) is 0.286. The number of para-hydroxylation sites is 1. The predicted octanol–water partition coefficient (Wildman–Crippen LogP) is 3.15. The van der Waals surface area contributed by atoms with Crippen molar-refractivity contribution in [1.82, 2.24) is 9.88 Å². The first-order valence-corrected chi connectivity index (χ1v) is 9.19. The van der Waals surface area contributed by atoms with Crippen LogP contribution in [0.5, 0.6) is 0 Å². The average molecular weight is 379 g/mol. The van der Waals surface area contributed by atoms with E-state index in [9.17, 15) is 14.7 Å². The number of anilines is 1. The maximum Gasteiger partial charge on any atom is 0.338 e. The third kappa shape index (κ3) is 3.09. The first kappa shape index (κ1) is 18.0. The molecule has 7 heteroatoms. The largest absolute Gasteiger partial charge is 0.478 e. The number of carbonyl (C=O) groups is 2. The summed E-state index contributed by atoms with van der Waals surface area (Å²) in [4.78, 5) is 32.5. The molecule has 144 valence electrons. The second kappa shape index (κ2) is 6.99. The van der Waals surface area contributed by atoms with E-state index in [4.69, 9.17) is 4.42 Å². The molecule has 1 aromatic heterocycles. The highest BCUT2D eigenvalue weighted by atomic mass is 16.4. The Morgan fingerprint density at radius 1 is 1.18 bits per heavy atom. The molecule has 3 aromatic rings. The topological polar surface area (TPSA) is 86.9 Å². The van der Waals surface area contributed by atoms with E-state index in [-0.39, 0.29) is 23.5 Å². The van der Waals surface area contributed by atoms with E-state index >= 15 is 0 Å². The number of oxazole rings is 1. The Morgan fingerprint density at radius 3 is 2.64 bits per heavy atom. The van der Waals surface area contributed by atoms with Crippen molar-refractivity contribution in [1.29, 1.82) is 0 Å². The lowest BCUT2D eigenvalue weighted by molar-refractivity contribution is -0.135. The summed E-state index contributed by atoms with van der Waals surface area (Å²) in [6.07, 6.45) is 0. The van der Waals surface area contributed by atoms with Gasteiger partial charge in [0.05, 0.1) is 5.56 Å². The molecule has 28 heavy (non-hydrogen) atoms. The molecule has 2 heterocycles. The van der Waals surface area contributed by atoms with E-state index < -0.39 is 12.0 Å². The number of piperazine rings is 1. The van der Waals surface area contributed by atoms with Gasteiger partial charge in [-0.3, -0.25) is 4.79 Å². The minimum absolute atomic E-state index is 0.0114. The monoisotopic (exact) mass is 379 g/mol. The highest BCUT2D eigenvalue weighted by molar-refractivity contribution is 6.00. The van der Waals surface area contributed by atoms with Gasteiger partial charge >= 0.3 is 5.97 Å². The zero-order valence-electron chi connectivity index (χ0n) is 15.7. The maximum atomic E-state index is 13.0. The van der Waals surface area contributed by atoms with Gasteiger partial charge in [-0.25, -0.2) is 4.79 Å². The first-order valence-electron chi connectivity index (χ1n) is 9.19. The second-order valence-electron chi connectivity index (χ2n) is 7.09. The number of rotatable bonds is 4. The fourth-order valence-corrected chi connectivity index (χ4v) is 3.78. The summed E-state index contributed by atoms with van der Waals surface area (Å²) in [5.74, 6) is -1.07. The van der Waals surface area contributed by atoms with Crippen molar-refractivity contribution in [2.24, 2.45) is 0 Å². The molecular weight excluding hydrogens is 358 g/mol. The number of hydrogen-bond donors (Lipinski definition) is 1. The van der Waals surface area contributed by atoms with Crippen LogP contribution in [0.25, 0.3) is 11.1 Å². The van der Waals surface area contributed by atoms with Crippen LogP contribution >= 0.6 is 0 Å². The molecule has 7 nitrogen and oxygen atoms in total. The number of fused-ring (bicyclic) bond motifs is 1. The number of carboxylic acids is 1. The third-order valence-electron chi connectivity index (χ3n) is 5.12. The first-order chi connectivity index (χ1) is 13.5. The van der Waals surface area contributed by atoms with Gasteiger partial charge in [0.2, 0.25) is 5.91 Å². The number of benzene rings is 2. The number of aromatic nitrogens is 1. The molecule has 2 aromatic carbocycles. The summed E-state index contributed by atoms with van der Waals surface area (Å²) >= 11 is 0. The molecule has 1 N–H and O–H groups in total. The predicted molar refractivity (Wildman–Crippen MR) is 104 cm³/mol. The van der Waals surface area contributed by atoms with Gasteiger partial charge in [0, 0.05) is 19.1 Å². The summed E-state index contributed by atoms with van der Waals surface area (Å²) < 4.78 is 5.82. The Hall–Kier alpha value is -3.35. The summed E-state index contributed by atoms with van der Waals surface area (Å²) in [6.45, 7) is 4.92. The van der Waals surface area contributed by atoms with Crippen LogP contribution in [0.3, 0.4) is 0 Å². The molecule has 2 atom stereocenters. The lowest BCUT2D eigenvalue weighted by Gasteiger charge is -2.42. The average Bonchev–Trinajstić information content (AvgIpc) is 3.10. The molecular formula is C21H21N3O4. The number of carbonyl (C=O) groups excluding carboxylic acids is 1. The van der Waals surface area contributed by atoms with Crippen LogP contribution in [-0.2, 0) is 11.3 Å². The number of amides is 1. The van der Waals surface area contributed by atoms with Gasteiger partial charge in [0.25, 0.3) is 6.01 Å². The van der Waals surface area contributed by atoms with Crippen molar-refractivity contribution in [2.75, 3.05) is 11.4 Å². The molecule has 0 spiro atoms. The van der Waals surface area contributed by atoms with Crippen molar-refractivity contribution in [3.8, 4) is 0 Å². The Bertz CT molecular complexity index is 1030. The Balaban J connectivity index is 1.63.